The van der Waals surface area contributed by atoms with Crippen LogP contribution in [-0.4, -0.2) is 17.4 Å². The molecule has 0 saturated heterocycles. The zero-order chi connectivity index (χ0) is 16.5. The molecular formula is C20H41NO. The molecule has 1 fully saturated rings. The van der Waals surface area contributed by atoms with Gasteiger partial charge in [-0.25, -0.2) is 0 Å². The molecule has 0 aromatic heterocycles. The summed E-state index contributed by atoms with van der Waals surface area (Å²) in [5, 5.41) is 3.59. The van der Waals surface area contributed by atoms with Crippen molar-refractivity contribution in [2.45, 2.75) is 107 Å². The van der Waals surface area contributed by atoms with Crippen molar-refractivity contribution in [1.29, 1.82) is 0 Å². The molecule has 0 radical (unpaired) electrons. The topological polar surface area (TPSA) is 29.1 Å². The molecule has 0 amide bonds. The third kappa shape index (κ3) is 7.26. The minimum Gasteiger partial charge on any atom is -0.303 e. The lowest BCUT2D eigenvalue weighted by Gasteiger charge is -2.39. The fraction of sp³-hybridized carbons (Fsp3) is 0.950. The number of nitrogens with one attached hydrogen (secondary N) is 1. The van der Waals surface area contributed by atoms with E-state index in [1.807, 2.05) is 20.8 Å². The van der Waals surface area contributed by atoms with Gasteiger partial charge in [0.1, 0.15) is 0 Å². The van der Waals surface area contributed by atoms with Gasteiger partial charge in [0.2, 0.25) is 0 Å². The van der Waals surface area contributed by atoms with Crippen molar-refractivity contribution in [2.24, 2.45) is 16.7 Å². The molecule has 1 rings (SSSR count). The summed E-state index contributed by atoms with van der Waals surface area (Å²) >= 11 is 0. The molecule has 1 aliphatic rings. The minimum atomic E-state index is -0.271. The third-order valence-corrected chi connectivity index (χ3v) is 4.54. The van der Waals surface area contributed by atoms with Gasteiger partial charge in [0.15, 0.2) is 5.78 Å². The largest absolute Gasteiger partial charge is 0.303 e. The van der Waals surface area contributed by atoms with E-state index in [4.69, 9.17) is 0 Å². The Morgan fingerprint density at radius 3 is 2.14 bits per heavy atom. The summed E-state index contributed by atoms with van der Waals surface area (Å²) in [5.41, 5.74) is 0.156. The van der Waals surface area contributed by atoms with Crippen molar-refractivity contribution in [2.75, 3.05) is 0 Å². The molecule has 22 heavy (non-hydrogen) atoms. The maximum absolute atomic E-state index is 12.8. The maximum atomic E-state index is 12.8. The van der Waals surface area contributed by atoms with Gasteiger partial charge >= 0.3 is 0 Å². The average Bonchev–Trinajstić information content (AvgIpc) is 2.22. The highest BCUT2D eigenvalue weighted by Crippen LogP contribution is 2.40. The molecule has 0 aliphatic heterocycles. The van der Waals surface area contributed by atoms with Gasteiger partial charge in [-0.2, -0.15) is 0 Å². The summed E-state index contributed by atoms with van der Waals surface area (Å²) in [5.74, 6) is 1.04. The lowest BCUT2D eigenvalue weighted by molar-refractivity contribution is -0.129. The van der Waals surface area contributed by atoms with Gasteiger partial charge in [-0.3, -0.25) is 4.79 Å². The van der Waals surface area contributed by atoms with Gasteiger partial charge in [-0.05, 0) is 51.4 Å². The fourth-order valence-corrected chi connectivity index (χ4v) is 3.67. The van der Waals surface area contributed by atoms with Crippen molar-refractivity contribution in [3.8, 4) is 0 Å². The van der Waals surface area contributed by atoms with Gasteiger partial charge in [-0.1, -0.05) is 54.9 Å². The molecule has 0 bridgehead atoms. The van der Waals surface area contributed by atoms with E-state index < -0.39 is 0 Å². The third-order valence-electron chi connectivity index (χ3n) is 4.54. The Labute approximate surface area is 139 Å². The molecular weight excluding hydrogens is 270 g/mol. The highest BCUT2D eigenvalue weighted by Gasteiger charge is 2.36. The predicted octanol–water partition coefficient (Wildman–Crippen LogP) is 5.60. The zero-order valence-electron chi connectivity index (χ0n) is 15.6. The highest BCUT2D eigenvalue weighted by molar-refractivity contribution is 5.88. The van der Waals surface area contributed by atoms with Crippen LogP contribution in [0.5, 0.6) is 0 Å². The fourth-order valence-electron chi connectivity index (χ4n) is 3.67. The Morgan fingerprint density at radius 1 is 1.18 bits per heavy atom. The Balaban J connectivity index is 0.00000441. The van der Waals surface area contributed by atoms with E-state index in [2.05, 4.69) is 39.9 Å². The monoisotopic (exact) mass is 311 g/mol. The summed E-state index contributed by atoms with van der Waals surface area (Å²) in [7, 11) is 0. The molecule has 132 valence electrons. The van der Waals surface area contributed by atoms with Crippen LogP contribution in [0.15, 0.2) is 0 Å². The van der Waals surface area contributed by atoms with Crippen LogP contribution in [-0.2, 0) is 4.79 Å². The summed E-state index contributed by atoms with van der Waals surface area (Å²) in [6.07, 6.45) is 6.17. The number of hydrogen-bond donors (Lipinski definition) is 1. The van der Waals surface area contributed by atoms with Crippen LogP contribution in [0.25, 0.3) is 0 Å². The van der Waals surface area contributed by atoms with E-state index in [0.717, 1.165) is 6.42 Å². The lowest BCUT2D eigenvalue weighted by Crippen LogP contribution is -2.51. The number of Topliss-reactive ketones (excluding diaryl/α,β-unsaturated/α-hetero) is 1. The first kappa shape index (κ1) is 21.6. The first-order chi connectivity index (χ1) is 9.30. The number of carbonyl (C=O) groups excluding carboxylic acids is 1. The van der Waals surface area contributed by atoms with Crippen molar-refractivity contribution >= 4 is 5.78 Å². The maximum Gasteiger partial charge on any atom is 0.155 e. The van der Waals surface area contributed by atoms with E-state index in [-0.39, 0.29) is 24.4 Å². The second-order valence-corrected chi connectivity index (χ2v) is 9.92. The number of hydrogen-bond acceptors (Lipinski definition) is 2. The zero-order valence-corrected chi connectivity index (χ0v) is 15.6. The Hall–Kier alpha value is -0.370. The smallest absolute Gasteiger partial charge is 0.155 e. The number of ketones is 1. The molecule has 1 aliphatic carbocycles. The van der Waals surface area contributed by atoms with Crippen LogP contribution >= 0.6 is 0 Å². The SMILES string of the molecule is C.CC1(C)CCCC(CC(NC(C)(C)C)C(=O)C(C)(C)C)C1. The summed E-state index contributed by atoms with van der Waals surface area (Å²) in [6.45, 7) is 17.3. The molecule has 1 N–H and O–H groups in total. The van der Waals surface area contributed by atoms with Crippen LogP contribution in [0.1, 0.15) is 94.9 Å². The van der Waals surface area contributed by atoms with Crippen molar-refractivity contribution < 1.29 is 4.79 Å². The van der Waals surface area contributed by atoms with Crippen molar-refractivity contribution in [3.05, 3.63) is 0 Å². The number of carbonyl (C=O) groups is 1. The molecule has 0 spiro atoms. The molecule has 0 aromatic rings. The first-order valence-electron chi connectivity index (χ1n) is 8.62. The van der Waals surface area contributed by atoms with E-state index in [0.29, 0.717) is 17.1 Å². The first-order valence-corrected chi connectivity index (χ1v) is 8.62. The van der Waals surface area contributed by atoms with E-state index in [1.165, 1.54) is 25.7 Å². The van der Waals surface area contributed by atoms with Crippen molar-refractivity contribution in [3.63, 3.8) is 0 Å². The van der Waals surface area contributed by atoms with Gasteiger partial charge in [0.05, 0.1) is 6.04 Å². The average molecular weight is 312 g/mol. The van der Waals surface area contributed by atoms with Crippen LogP contribution in [0.3, 0.4) is 0 Å². The lowest BCUT2D eigenvalue weighted by atomic mass is 9.69. The molecule has 2 nitrogen and oxygen atoms in total. The summed E-state index contributed by atoms with van der Waals surface area (Å²) in [4.78, 5) is 12.8. The van der Waals surface area contributed by atoms with Gasteiger partial charge in [0.25, 0.3) is 0 Å². The minimum absolute atomic E-state index is 0. The molecule has 2 heteroatoms. The van der Waals surface area contributed by atoms with Gasteiger partial charge < -0.3 is 5.32 Å². The van der Waals surface area contributed by atoms with Gasteiger partial charge in [0, 0.05) is 11.0 Å². The van der Waals surface area contributed by atoms with Crippen LogP contribution in [0.4, 0.5) is 0 Å². The standard InChI is InChI=1S/C19H37NO.CH4/c1-17(2,3)16(21)15(20-18(4,5)6)12-14-10-9-11-19(7,8)13-14;/h14-15,20H,9-13H2,1-8H3;1H4. The molecule has 1 saturated carbocycles. The Morgan fingerprint density at radius 2 is 1.73 bits per heavy atom. The second kappa shape index (κ2) is 7.47. The predicted molar refractivity (Wildman–Crippen MR) is 98.2 cm³/mol. The van der Waals surface area contributed by atoms with Gasteiger partial charge in [-0.15, -0.1) is 0 Å². The number of rotatable bonds is 4. The van der Waals surface area contributed by atoms with Crippen LogP contribution in [0.2, 0.25) is 0 Å². The molecule has 2 atom stereocenters. The van der Waals surface area contributed by atoms with Crippen LogP contribution < -0.4 is 5.32 Å². The normalized spacial score (nSPS) is 23.5. The molecule has 0 aromatic carbocycles. The Kier molecular flexibility index (Phi) is 7.34. The Bertz CT molecular complexity index is 357. The van der Waals surface area contributed by atoms with E-state index in [9.17, 15) is 4.79 Å². The quantitative estimate of drug-likeness (QED) is 0.732. The van der Waals surface area contributed by atoms with Crippen molar-refractivity contribution in [1.82, 2.24) is 5.32 Å². The molecule has 0 heterocycles. The summed E-state index contributed by atoms with van der Waals surface area (Å²) in [6, 6.07) is -0.0103. The molecule has 2 unspecified atom stereocenters. The van der Waals surface area contributed by atoms with E-state index in [1.54, 1.807) is 0 Å². The second-order valence-electron chi connectivity index (χ2n) is 9.92. The van der Waals surface area contributed by atoms with Crippen LogP contribution in [0, 0.1) is 16.7 Å². The highest BCUT2D eigenvalue weighted by atomic mass is 16.1. The van der Waals surface area contributed by atoms with E-state index >= 15 is 0 Å². The summed E-state index contributed by atoms with van der Waals surface area (Å²) < 4.78 is 0.